The third-order valence-electron chi connectivity index (χ3n) is 4.13. The molecule has 0 aliphatic rings. The highest BCUT2D eigenvalue weighted by Gasteiger charge is 2.20. The molecule has 5 nitrogen and oxygen atoms in total. The van der Waals surface area contributed by atoms with E-state index in [4.69, 9.17) is 4.98 Å². The van der Waals surface area contributed by atoms with Crippen LogP contribution in [0.25, 0.3) is 22.4 Å². The van der Waals surface area contributed by atoms with Crippen molar-refractivity contribution < 1.29 is 0 Å². The molecule has 3 rings (SSSR count). The molecule has 0 aliphatic heterocycles. The Balaban J connectivity index is 2.27. The van der Waals surface area contributed by atoms with Gasteiger partial charge in [-0.1, -0.05) is 45.0 Å². The molecule has 26 heavy (non-hydrogen) atoms. The van der Waals surface area contributed by atoms with Crippen molar-refractivity contribution in [3.05, 3.63) is 65.1 Å². The molecule has 0 atom stereocenters. The summed E-state index contributed by atoms with van der Waals surface area (Å²) in [5.41, 5.74) is 3.29. The molecule has 3 aromatic rings. The van der Waals surface area contributed by atoms with Gasteiger partial charge in [0.1, 0.15) is 0 Å². The average Bonchev–Trinajstić information content (AvgIpc) is 2.86. The zero-order valence-electron chi connectivity index (χ0n) is 15.4. The maximum atomic E-state index is 12.9. The lowest BCUT2D eigenvalue weighted by atomic mass is 9.97. The maximum Gasteiger partial charge on any atom is 0.330 e. The number of rotatable bonds is 4. The van der Waals surface area contributed by atoms with Crippen LogP contribution < -0.4 is 5.69 Å². The lowest BCUT2D eigenvalue weighted by Crippen LogP contribution is -2.28. The van der Waals surface area contributed by atoms with Crippen LogP contribution in [0.3, 0.4) is 0 Å². The highest BCUT2D eigenvalue weighted by molar-refractivity contribution is 5.78. The van der Waals surface area contributed by atoms with Crippen LogP contribution in [0.15, 0.2) is 53.8 Å². The van der Waals surface area contributed by atoms with Gasteiger partial charge in [-0.05, 0) is 23.6 Å². The summed E-state index contributed by atoms with van der Waals surface area (Å²) in [6.07, 6.45) is 1.69. The molecule has 132 valence electrons. The number of aromatic nitrogens is 3. The van der Waals surface area contributed by atoms with Gasteiger partial charge in [0, 0.05) is 18.7 Å². The fraction of sp³-hybridized carbons (Fsp3) is 0.286. The Bertz CT molecular complexity index is 1070. The molecule has 1 aromatic carbocycles. The number of fused-ring (bicyclic) bond motifs is 1. The van der Waals surface area contributed by atoms with Crippen LogP contribution >= 0.6 is 0 Å². The summed E-state index contributed by atoms with van der Waals surface area (Å²) in [7, 11) is 0. The van der Waals surface area contributed by atoms with Crippen LogP contribution in [0.2, 0.25) is 0 Å². The largest absolute Gasteiger partial charge is 0.330 e. The van der Waals surface area contributed by atoms with Gasteiger partial charge in [-0.15, -0.1) is 6.58 Å². The van der Waals surface area contributed by atoms with Gasteiger partial charge >= 0.3 is 5.69 Å². The predicted molar refractivity (Wildman–Crippen MR) is 104 cm³/mol. The number of nitrogens with zero attached hydrogens (tertiary/aromatic N) is 4. The van der Waals surface area contributed by atoms with Crippen LogP contribution in [-0.4, -0.2) is 14.1 Å². The quantitative estimate of drug-likeness (QED) is 0.672. The van der Waals surface area contributed by atoms with Crippen molar-refractivity contribution in [1.29, 1.82) is 5.26 Å². The first-order valence-corrected chi connectivity index (χ1v) is 8.56. The summed E-state index contributed by atoms with van der Waals surface area (Å²) in [6.45, 7) is 11.0. The molecule has 0 fully saturated rings. The zero-order chi connectivity index (χ0) is 18.9. The van der Waals surface area contributed by atoms with E-state index in [9.17, 15) is 10.1 Å². The number of nitriles is 1. The van der Waals surface area contributed by atoms with E-state index in [1.807, 2.05) is 30.3 Å². The second-order valence-corrected chi connectivity index (χ2v) is 7.53. The van der Waals surface area contributed by atoms with Crippen molar-refractivity contribution >= 4 is 11.2 Å². The van der Waals surface area contributed by atoms with Crippen molar-refractivity contribution in [2.45, 2.75) is 33.9 Å². The van der Waals surface area contributed by atoms with Crippen molar-refractivity contribution in [3.8, 4) is 17.3 Å². The Hall–Kier alpha value is -3.13. The molecule has 5 heteroatoms. The molecule has 0 spiro atoms. The van der Waals surface area contributed by atoms with Gasteiger partial charge in [0.25, 0.3) is 0 Å². The van der Waals surface area contributed by atoms with Crippen LogP contribution in [0.5, 0.6) is 0 Å². The zero-order valence-corrected chi connectivity index (χ0v) is 15.4. The second kappa shape index (κ2) is 6.64. The van der Waals surface area contributed by atoms with Crippen molar-refractivity contribution in [2.24, 2.45) is 5.41 Å². The monoisotopic (exact) mass is 346 g/mol. The number of hydrogen-bond acceptors (Lipinski definition) is 3. The Morgan fingerprint density at radius 3 is 2.58 bits per heavy atom. The number of imidazole rings is 1. The molecule has 0 bridgehead atoms. The van der Waals surface area contributed by atoms with E-state index in [0.717, 1.165) is 11.1 Å². The van der Waals surface area contributed by atoms with Crippen molar-refractivity contribution in [3.63, 3.8) is 0 Å². The summed E-state index contributed by atoms with van der Waals surface area (Å²) in [4.78, 5) is 17.6. The fourth-order valence-electron chi connectivity index (χ4n) is 3.06. The minimum absolute atomic E-state index is 0.0385. The van der Waals surface area contributed by atoms with Gasteiger partial charge in [-0.3, -0.25) is 9.13 Å². The van der Waals surface area contributed by atoms with Crippen LogP contribution in [0.4, 0.5) is 0 Å². The highest BCUT2D eigenvalue weighted by Crippen LogP contribution is 2.25. The van der Waals surface area contributed by atoms with Gasteiger partial charge in [0.05, 0.1) is 22.8 Å². The predicted octanol–water partition coefficient (Wildman–Crippen LogP) is 3.97. The number of benzene rings is 1. The standard InChI is InChI=1S/C21H22N4O/c1-5-12-24-19-18(25(20(24)26)14-21(2,3)4)11-10-17(23-19)16-9-7-6-8-15(16)13-22/h5-11H,1,12,14H2,2-4H3. The normalized spacial score (nSPS) is 11.5. The minimum Gasteiger partial charge on any atom is -0.290 e. The molecule has 0 saturated carbocycles. The minimum atomic E-state index is -0.0898. The average molecular weight is 346 g/mol. The molecule has 0 saturated heterocycles. The van der Waals surface area contributed by atoms with Gasteiger partial charge in [-0.25, -0.2) is 9.78 Å². The smallest absolute Gasteiger partial charge is 0.290 e. The summed E-state index contributed by atoms with van der Waals surface area (Å²) in [5, 5.41) is 9.36. The van der Waals surface area contributed by atoms with E-state index in [2.05, 4.69) is 33.4 Å². The van der Waals surface area contributed by atoms with Gasteiger partial charge in [-0.2, -0.15) is 5.26 Å². The third-order valence-corrected chi connectivity index (χ3v) is 4.13. The molecule has 0 amide bonds. The van der Waals surface area contributed by atoms with E-state index in [1.54, 1.807) is 21.3 Å². The first-order valence-electron chi connectivity index (χ1n) is 8.56. The van der Waals surface area contributed by atoms with E-state index in [1.165, 1.54) is 0 Å². The molecule has 0 unspecified atom stereocenters. The molecule has 2 aromatic heterocycles. The van der Waals surface area contributed by atoms with Crippen molar-refractivity contribution in [2.75, 3.05) is 0 Å². The van der Waals surface area contributed by atoms with Gasteiger partial charge < -0.3 is 0 Å². The summed E-state index contributed by atoms with van der Waals surface area (Å²) >= 11 is 0. The number of allylic oxidation sites excluding steroid dienone is 1. The lowest BCUT2D eigenvalue weighted by Gasteiger charge is -2.18. The first-order chi connectivity index (χ1) is 12.4. The Morgan fingerprint density at radius 1 is 1.19 bits per heavy atom. The van der Waals surface area contributed by atoms with E-state index >= 15 is 0 Å². The first kappa shape index (κ1) is 17.7. The van der Waals surface area contributed by atoms with E-state index < -0.39 is 0 Å². The highest BCUT2D eigenvalue weighted by atomic mass is 16.1. The molecular formula is C21H22N4O. The Labute approximate surface area is 152 Å². The maximum absolute atomic E-state index is 12.9. The molecule has 0 N–H and O–H groups in total. The fourth-order valence-corrected chi connectivity index (χ4v) is 3.06. The van der Waals surface area contributed by atoms with Gasteiger partial charge in [0.2, 0.25) is 0 Å². The Morgan fingerprint density at radius 2 is 1.92 bits per heavy atom. The second-order valence-electron chi connectivity index (χ2n) is 7.53. The molecule has 0 aliphatic carbocycles. The van der Waals surface area contributed by atoms with Crippen LogP contribution in [-0.2, 0) is 13.1 Å². The van der Waals surface area contributed by atoms with Crippen molar-refractivity contribution in [1.82, 2.24) is 14.1 Å². The topological polar surface area (TPSA) is 63.6 Å². The summed E-state index contributed by atoms with van der Waals surface area (Å²) in [6, 6.07) is 13.3. The van der Waals surface area contributed by atoms with Crippen LogP contribution in [0.1, 0.15) is 26.3 Å². The molecule has 0 radical (unpaired) electrons. The SMILES string of the molecule is C=CCn1c(=O)n(CC(C)(C)C)c2ccc(-c3ccccc3C#N)nc21. The third kappa shape index (κ3) is 3.18. The lowest BCUT2D eigenvalue weighted by molar-refractivity contribution is 0.342. The molecular weight excluding hydrogens is 324 g/mol. The Kier molecular flexibility index (Phi) is 4.52. The van der Waals surface area contributed by atoms with E-state index in [-0.39, 0.29) is 11.1 Å². The summed E-state index contributed by atoms with van der Waals surface area (Å²) < 4.78 is 3.40. The number of pyridine rings is 1. The van der Waals surface area contributed by atoms with Crippen LogP contribution in [0, 0.1) is 16.7 Å². The van der Waals surface area contributed by atoms with E-state index in [0.29, 0.717) is 30.0 Å². The summed E-state index contributed by atoms with van der Waals surface area (Å²) in [5.74, 6) is 0. The van der Waals surface area contributed by atoms with Gasteiger partial charge in [0.15, 0.2) is 5.65 Å². The molecule has 2 heterocycles. The number of hydrogen-bond donors (Lipinski definition) is 0.